The number of likely N-dealkylation sites (tertiary alicyclic amines) is 1. The number of carbonyl (C=O) groups is 2. The third-order valence-corrected chi connectivity index (χ3v) is 4.81. The Kier molecular flexibility index (Phi) is 5.92. The summed E-state index contributed by atoms with van der Waals surface area (Å²) in [6.07, 6.45) is -2.24. The molecule has 29 heavy (non-hydrogen) atoms. The van der Waals surface area contributed by atoms with Crippen LogP contribution in [0.1, 0.15) is 40.0 Å². The number of hydrogen-bond donors (Lipinski definition) is 1. The first-order valence-corrected chi connectivity index (χ1v) is 9.01. The van der Waals surface area contributed by atoms with Crippen LogP contribution < -0.4 is 0 Å². The van der Waals surface area contributed by atoms with Gasteiger partial charge in [-0.1, -0.05) is 12.1 Å². The van der Waals surface area contributed by atoms with Gasteiger partial charge in [-0.05, 0) is 43.0 Å². The number of alkyl halides is 3. The van der Waals surface area contributed by atoms with Gasteiger partial charge in [0.25, 0.3) is 0 Å². The van der Waals surface area contributed by atoms with Crippen LogP contribution >= 0.6 is 0 Å². The molecule has 1 fully saturated rings. The van der Waals surface area contributed by atoms with Crippen molar-refractivity contribution in [2.24, 2.45) is 0 Å². The van der Waals surface area contributed by atoms with Gasteiger partial charge in [0, 0.05) is 19.3 Å². The second kappa shape index (κ2) is 8.24. The third kappa shape index (κ3) is 4.94. The molecule has 2 aromatic rings. The van der Waals surface area contributed by atoms with E-state index in [9.17, 15) is 22.8 Å². The van der Waals surface area contributed by atoms with Crippen molar-refractivity contribution in [2.45, 2.75) is 38.7 Å². The van der Waals surface area contributed by atoms with Gasteiger partial charge >= 0.3 is 18.2 Å². The first-order valence-electron chi connectivity index (χ1n) is 9.01. The van der Waals surface area contributed by atoms with Gasteiger partial charge in [0.2, 0.25) is 0 Å². The molecule has 1 amide bonds. The summed E-state index contributed by atoms with van der Waals surface area (Å²) < 4.78 is 45.8. The SMILES string of the molecule is Cc1ccc(COC2CCN(C(=O)n3ccc(C(=O)O)n3)CC2)cc1C(F)(F)F. The molecule has 1 N–H and O–H groups in total. The van der Waals surface area contributed by atoms with Crippen molar-refractivity contribution in [3.05, 3.63) is 52.8 Å². The molecule has 2 heterocycles. The molecule has 1 aliphatic rings. The zero-order valence-electron chi connectivity index (χ0n) is 15.6. The number of piperidine rings is 1. The fourth-order valence-corrected chi connectivity index (χ4v) is 3.18. The summed E-state index contributed by atoms with van der Waals surface area (Å²) in [6.45, 7) is 2.24. The molecule has 156 valence electrons. The highest BCUT2D eigenvalue weighted by Crippen LogP contribution is 2.32. The standard InChI is InChI=1S/C19H20F3N3O4/c1-12-2-3-13(10-15(12)19(20,21)22)11-29-14-4-7-24(8-5-14)18(28)25-9-6-16(23-25)17(26)27/h2-3,6,9-10,14H,4-5,7-8,11H2,1H3,(H,26,27). The summed E-state index contributed by atoms with van der Waals surface area (Å²) in [5.74, 6) is -1.21. The van der Waals surface area contributed by atoms with Crippen LogP contribution in [0.15, 0.2) is 30.5 Å². The number of aromatic nitrogens is 2. The zero-order valence-corrected chi connectivity index (χ0v) is 15.6. The molecule has 1 aromatic heterocycles. The number of nitrogens with zero attached hydrogens (tertiary/aromatic N) is 3. The number of hydrogen-bond acceptors (Lipinski definition) is 4. The molecule has 1 aromatic carbocycles. The number of aryl methyl sites for hydroxylation is 1. The summed E-state index contributed by atoms with van der Waals surface area (Å²) in [7, 11) is 0. The van der Waals surface area contributed by atoms with Gasteiger partial charge < -0.3 is 14.7 Å². The van der Waals surface area contributed by atoms with Crippen molar-refractivity contribution in [2.75, 3.05) is 13.1 Å². The van der Waals surface area contributed by atoms with Gasteiger partial charge in [0.05, 0.1) is 18.3 Å². The average Bonchev–Trinajstić information content (AvgIpc) is 3.17. The van der Waals surface area contributed by atoms with Gasteiger partial charge in [-0.3, -0.25) is 0 Å². The highest BCUT2D eigenvalue weighted by atomic mass is 19.4. The van der Waals surface area contributed by atoms with Crippen LogP contribution in [0.4, 0.5) is 18.0 Å². The Bertz CT molecular complexity index is 902. The predicted molar refractivity (Wildman–Crippen MR) is 95.5 cm³/mol. The lowest BCUT2D eigenvalue weighted by Crippen LogP contribution is -2.43. The number of ether oxygens (including phenoxy) is 1. The van der Waals surface area contributed by atoms with Crippen LogP contribution in [0.3, 0.4) is 0 Å². The topological polar surface area (TPSA) is 84.7 Å². The molecule has 1 saturated heterocycles. The highest BCUT2D eigenvalue weighted by Gasteiger charge is 2.32. The van der Waals surface area contributed by atoms with Crippen LogP contribution in [-0.2, 0) is 17.5 Å². The summed E-state index contributed by atoms with van der Waals surface area (Å²) in [4.78, 5) is 24.8. The van der Waals surface area contributed by atoms with Crippen molar-refractivity contribution in [3.8, 4) is 0 Å². The minimum Gasteiger partial charge on any atom is -0.476 e. The third-order valence-electron chi connectivity index (χ3n) is 4.81. The van der Waals surface area contributed by atoms with Gasteiger partial charge in [-0.2, -0.15) is 23.0 Å². The lowest BCUT2D eigenvalue weighted by Gasteiger charge is -2.31. The Labute approximate surface area is 164 Å². The molecule has 7 nitrogen and oxygen atoms in total. The van der Waals surface area contributed by atoms with E-state index in [1.54, 1.807) is 6.07 Å². The van der Waals surface area contributed by atoms with Crippen LogP contribution in [0.5, 0.6) is 0 Å². The largest absolute Gasteiger partial charge is 0.476 e. The molecular formula is C19H20F3N3O4. The fourth-order valence-electron chi connectivity index (χ4n) is 3.18. The molecule has 1 aliphatic heterocycles. The van der Waals surface area contributed by atoms with Crippen LogP contribution in [-0.4, -0.2) is 51.0 Å². The van der Waals surface area contributed by atoms with Crippen LogP contribution in [0.25, 0.3) is 0 Å². The van der Waals surface area contributed by atoms with E-state index in [1.807, 2.05) is 0 Å². The molecule has 10 heteroatoms. The van der Waals surface area contributed by atoms with E-state index in [0.29, 0.717) is 31.5 Å². The van der Waals surface area contributed by atoms with Gasteiger partial charge in [0.1, 0.15) is 0 Å². The summed E-state index contributed by atoms with van der Waals surface area (Å²) >= 11 is 0. The molecular weight excluding hydrogens is 391 g/mol. The van der Waals surface area contributed by atoms with E-state index in [-0.39, 0.29) is 24.0 Å². The highest BCUT2D eigenvalue weighted by molar-refractivity contribution is 5.86. The van der Waals surface area contributed by atoms with E-state index < -0.39 is 23.7 Å². The Morgan fingerprint density at radius 2 is 1.93 bits per heavy atom. The lowest BCUT2D eigenvalue weighted by atomic mass is 10.0. The van der Waals surface area contributed by atoms with E-state index in [1.165, 1.54) is 30.2 Å². The smallest absolute Gasteiger partial charge is 0.416 e. The number of amides is 1. The normalized spacial score (nSPS) is 15.5. The van der Waals surface area contributed by atoms with Gasteiger partial charge in [-0.25, -0.2) is 9.59 Å². The average molecular weight is 411 g/mol. The van der Waals surface area contributed by atoms with E-state index in [4.69, 9.17) is 9.84 Å². The molecule has 0 unspecified atom stereocenters. The zero-order chi connectivity index (χ0) is 21.2. The molecule has 0 aliphatic carbocycles. The van der Waals surface area contributed by atoms with Crippen molar-refractivity contribution >= 4 is 12.0 Å². The molecule has 0 atom stereocenters. The second-order valence-corrected chi connectivity index (χ2v) is 6.88. The Morgan fingerprint density at radius 1 is 1.24 bits per heavy atom. The lowest BCUT2D eigenvalue weighted by molar-refractivity contribution is -0.138. The van der Waals surface area contributed by atoms with Crippen molar-refractivity contribution in [1.29, 1.82) is 0 Å². The van der Waals surface area contributed by atoms with Crippen LogP contribution in [0, 0.1) is 6.92 Å². The number of aromatic carboxylic acids is 1. The quantitative estimate of drug-likeness (QED) is 0.832. The molecule has 0 bridgehead atoms. The number of rotatable bonds is 4. The molecule has 0 radical (unpaired) electrons. The van der Waals surface area contributed by atoms with Crippen molar-refractivity contribution < 1.29 is 32.6 Å². The summed E-state index contributed by atoms with van der Waals surface area (Å²) in [5, 5.41) is 12.6. The first-order chi connectivity index (χ1) is 13.6. The van der Waals surface area contributed by atoms with E-state index in [0.717, 1.165) is 10.7 Å². The number of halogens is 3. The molecule has 0 saturated carbocycles. The Hall–Kier alpha value is -2.88. The maximum atomic E-state index is 13.0. The number of benzene rings is 1. The number of carboxylic acids is 1. The van der Waals surface area contributed by atoms with E-state index in [2.05, 4.69) is 5.10 Å². The molecule has 3 rings (SSSR count). The predicted octanol–water partition coefficient (Wildman–Crippen LogP) is 3.56. The fraction of sp³-hybridized carbons (Fsp3) is 0.421. The molecule has 0 spiro atoms. The minimum atomic E-state index is -4.40. The monoisotopic (exact) mass is 411 g/mol. The van der Waals surface area contributed by atoms with Gasteiger partial charge in [0.15, 0.2) is 5.69 Å². The number of carboxylic acid groups (broad SMARTS) is 1. The first kappa shape index (κ1) is 20.8. The second-order valence-electron chi connectivity index (χ2n) is 6.88. The van der Waals surface area contributed by atoms with Crippen molar-refractivity contribution in [3.63, 3.8) is 0 Å². The van der Waals surface area contributed by atoms with Gasteiger partial charge in [-0.15, -0.1) is 0 Å². The number of carbonyl (C=O) groups excluding carboxylic acids is 1. The Balaban J connectivity index is 1.52. The summed E-state index contributed by atoms with van der Waals surface area (Å²) in [5.41, 5.74) is -0.274. The van der Waals surface area contributed by atoms with Crippen molar-refractivity contribution in [1.82, 2.24) is 14.7 Å². The van der Waals surface area contributed by atoms with E-state index >= 15 is 0 Å². The van der Waals surface area contributed by atoms with Crippen LogP contribution in [0.2, 0.25) is 0 Å². The Morgan fingerprint density at radius 3 is 2.52 bits per heavy atom. The minimum absolute atomic E-state index is 0.0586. The maximum absolute atomic E-state index is 13.0. The maximum Gasteiger partial charge on any atom is 0.416 e. The summed E-state index contributed by atoms with van der Waals surface area (Å²) in [6, 6.07) is 4.96.